The topological polar surface area (TPSA) is 153 Å². The zero-order chi connectivity index (χ0) is 28.1. The number of carboxylic acid groups (broad SMARTS) is 1. The molecule has 4 N–H and O–H groups in total. The van der Waals surface area contributed by atoms with Crippen molar-refractivity contribution in [3.63, 3.8) is 0 Å². The Kier molecular flexibility index (Phi) is 10.1. The van der Waals surface area contributed by atoms with Gasteiger partial charge in [-0.2, -0.15) is 17.9 Å². The number of sulfonamides is 1. The Balaban J connectivity index is 0.000000604. The molecule has 0 bridgehead atoms. The van der Waals surface area contributed by atoms with Gasteiger partial charge in [-0.1, -0.05) is 11.6 Å². The number of halogens is 5. The van der Waals surface area contributed by atoms with Crippen molar-refractivity contribution in [2.75, 3.05) is 51.2 Å². The first kappa shape index (κ1) is 30.5. The molecule has 0 saturated carbocycles. The van der Waals surface area contributed by atoms with E-state index in [1.807, 2.05) is 16.7 Å². The maximum Gasteiger partial charge on any atom is 0.490 e. The van der Waals surface area contributed by atoms with Gasteiger partial charge in [0.2, 0.25) is 15.9 Å². The van der Waals surface area contributed by atoms with Gasteiger partial charge in [0, 0.05) is 39.3 Å². The number of hydrogen-bond donors (Lipinski definition) is 3. The van der Waals surface area contributed by atoms with Gasteiger partial charge in [0.1, 0.15) is 10.7 Å². The Bertz CT molecular complexity index is 1120. The summed E-state index contributed by atoms with van der Waals surface area (Å²) in [4.78, 5) is 38.2. The van der Waals surface area contributed by atoms with Crippen LogP contribution in [0.2, 0.25) is 5.02 Å². The third-order valence-electron chi connectivity index (χ3n) is 5.58. The van der Waals surface area contributed by atoms with Gasteiger partial charge >= 0.3 is 12.1 Å². The summed E-state index contributed by atoms with van der Waals surface area (Å²) in [5.74, 6) is -5.43. The van der Waals surface area contributed by atoms with Gasteiger partial charge in [-0.15, -0.1) is 0 Å². The Morgan fingerprint density at radius 2 is 1.59 bits per heavy atom. The molecule has 208 valence electrons. The van der Waals surface area contributed by atoms with Crippen LogP contribution in [-0.2, 0) is 24.4 Å². The van der Waals surface area contributed by atoms with E-state index < -0.39 is 50.7 Å². The Morgan fingerprint density at radius 3 is 2.05 bits per heavy atom. The van der Waals surface area contributed by atoms with Crippen LogP contribution in [-0.4, -0.2) is 99.6 Å². The molecule has 17 heteroatoms. The average Bonchev–Trinajstić information content (AvgIpc) is 3.33. The molecule has 1 aromatic carbocycles. The van der Waals surface area contributed by atoms with Crippen LogP contribution in [0.4, 0.5) is 23.2 Å². The molecule has 2 saturated heterocycles. The maximum absolute atomic E-state index is 14.2. The number of piperazine rings is 1. The third kappa shape index (κ3) is 8.15. The molecule has 2 fully saturated rings. The molecule has 0 aromatic heterocycles. The number of nitrogens with zero attached hydrogens (tertiary/aromatic N) is 3. The number of rotatable bonds is 6. The van der Waals surface area contributed by atoms with Crippen LogP contribution in [0.5, 0.6) is 0 Å². The standard InChI is InChI=1S/C18H25ClFN5O4S.C2HF3O2/c1-23-6-8-25(9-7-23)18(27)16(17(21)26)22-30(28,29)14-11-12(20)10-13(15(14)19)24-4-2-3-5-24;3-2(4,5)1(6)7/h10-11,16,22H,2-9H2,1H3,(H2,21,26);(H,6,7)/t16-;/m0./s1. The molecular weight excluding hydrogens is 550 g/mol. The number of carbonyl (C=O) groups excluding carboxylic acids is 2. The molecule has 0 unspecified atom stereocenters. The highest BCUT2D eigenvalue weighted by molar-refractivity contribution is 7.89. The van der Waals surface area contributed by atoms with Crippen molar-refractivity contribution in [2.45, 2.75) is 30.0 Å². The molecule has 2 amide bonds. The highest BCUT2D eigenvalue weighted by atomic mass is 35.5. The minimum absolute atomic E-state index is 0.166. The first-order valence-electron chi connectivity index (χ1n) is 10.9. The van der Waals surface area contributed by atoms with Gasteiger partial charge in [-0.3, -0.25) is 9.59 Å². The number of carboxylic acids is 1. The second kappa shape index (κ2) is 12.2. The summed E-state index contributed by atoms with van der Waals surface area (Å²) in [7, 11) is -2.62. The lowest BCUT2D eigenvalue weighted by Gasteiger charge is -2.34. The van der Waals surface area contributed by atoms with Crippen LogP contribution in [0, 0.1) is 5.82 Å². The minimum atomic E-state index is -5.08. The molecule has 3 rings (SSSR count). The van der Waals surface area contributed by atoms with E-state index in [1.165, 1.54) is 11.0 Å². The Labute approximate surface area is 215 Å². The number of nitrogens with one attached hydrogen (secondary N) is 1. The van der Waals surface area contributed by atoms with Crippen molar-refractivity contribution < 1.29 is 45.5 Å². The fraction of sp³-hybridized carbons (Fsp3) is 0.550. The smallest absolute Gasteiger partial charge is 0.475 e. The molecule has 11 nitrogen and oxygen atoms in total. The molecule has 0 radical (unpaired) electrons. The first-order chi connectivity index (χ1) is 17.0. The normalized spacial score (nSPS) is 17.7. The predicted octanol–water partition coefficient (Wildman–Crippen LogP) is 0.619. The van der Waals surface area contributed by atoms with Gasteiger partial charge in [0.25, 0.3) is 5.91 Å². The van der Waals surface area contributed by atoms with Crippen LogP contribution >= 0.6 is 11.6 Å². The van der Waals surface area contributed by atoms with Crippen LogP contribution in [0.25, 0.3) is 0 Å². The van der Waals surface area contributed by atoms with E-state index in [0.717, 1.165) is 18.9 Å². The van der Waals surface area contributed by atoms with Gasteiger partial charge in [0.05, 0.1) is 10.7 Å². The molecule has 2 aliphatic heterocycles. The van der Waals surface area contributed by atoms with Crippen molar-refractivity contribution in [1.82, 2.24) is 14.5 Å². The molecule has 0 aliphatic carbocycles. The molecule has 2 aliphatic rings. The monoisotopic (exact) mass is 575 g/mol. The number of nitrogens with two attached hydrogens (primary N) is 1. The summed E-state index contributed by atoms with van der Waals surface area (Å²) in [5, 5.41) is 6.96. The van der Waals surface area contributed by atoms with Crippen molar-refractivity contribution >= 4 is 45.1 Å². The molecule has 1 aromatic rings. The van der Waals surface area contributed by atoms with Gasteiger partial charge in [-0.05, 0) is 32.0 Å². The van der Waals surface area contributed by atoms with Crippen molar-refractivity contribution in [1.29, 1.82) is 0 Å². The summed E-state index contributed by atoms with van der Waals surface area (Å²) >= 11 is 6.31. The SMILES string of the molecule is CN1CCN(C(=O)[C@@H](NS(=O)(=O)c2cc(F)cc(N3CCCC3)c2Cl)C(N)=O)CC1.O=C(O)C(F)(F)F. The second-order valence-corrected chi connectivity index (χ2v) is 10.4. The van der Waals surface area contributed by atoms with Crippen LogP contribution in [0.3, 0.4) is 0 Å². The van der Waals surface area contributed by atoms with Crippen LogP contribution < -0.4 is 15.4 Å². The lowest BCUT2D eigenvalue weighted by molar-refractivity contribution is -0.192. The molecule has 37 heavy (non-hydrogen) atoms. The lowest BCUT2D eigenvalue weighted by atomic mass is 10.2. The Morgan fingerprint density at radius 1 is 1.08 bits per heavy atom. The zero-order valence-electron chi connectivity index (χ0n) is 19.6. The van der Waals surface area contributed by atoms with E-state index in [0.29, 0.717) is 39.3 Å². The summed E-state index contributed by atoms with van der Waals surface area (Å²) < 4.78 is 73.9. The maximum atomic E-state index is 14.2. The summed E-state index contributed by atoms with van der Waals surface area (Å²) in [6.07, 6.45) is -3.31. The number of primary amides is 1. The van der Waals surface area contributed by atoms with E-state index in [4.69, 9.17) is 27.2 Å². The first-order valence-corrected chi connectivity index (χ1v) is 12.7. The van der Waals surface area contributed by atoms with Crippen molar-refractivity contribution in [3.8, 4) is 0 Å². The number of carbonyl (C=O) groups is 3. The van der Waals surface area contributed by atoms with Gasteiger partial charge in [0.15, 0.2) is 6.04 Å². The number of alkyl halides is 3. The summed E-state index contributed by atoms with van der Waals surface area (Å²) in [6.45, 7) is 3.09. The molecule has 0 spiro atoms. The third-order valence-corrected chi connectivity index (χ3v) is 7.54. The minimum Gasteiger partial charge on any atom is -0.475 e. The lowest BCUT2D eigenvalue weighted by Crippen LogP contribution is -2.58. The number of anilines is 1. The fourth-order valence-corrected chi connectivity index (χ4v) is 5.39. The van der Waals surface area contributed by atoms with Gasteiger partial charge in [-0.25, -0.2) is 17.6 Å². The summed E-state index contributed by atoms with van der Waals surface area (Å²) in [5.41, 5.74) is 5.57. The quantitative estimate of drug-likeness (QED) is 0.330. The number of benzene rings is 1. The molecule has 1 atom stereocenters. The largest absolute Gasteiger partial charge is 0.490 e. The highest BCUT2D eigenvalue weighted by Crippen LogP contribution is 2.35. The number of likely N-dealkylation sites (N-methyl/N-ethyl adjacent to an activating group) is 1. The zero-order valence-corrected chi connectivity index (χ0v) is 21.2. The van der Waals surface area contributed by atoms with Crippen LogP contribution in [0.1, 0.15) is 12.8 Å². The Hall–Kier alpha value is -2.69. The van der Waals surface area contributed by atoms with E-state index in [-0.39, 0.29) is 10.7 Å². The van der Waals surface area contributed by atoms with Crippen molar-refractivity contribution in [3.05, 3.63) is 23.0 Å². The predicted molar refractivity (Wildman–Crippen MR) is 124 cm³/mol. The average molecular weight is 576 g/mol. The highest BCUT2D eigenvalue weighted by Gasteiger charge is 2.38. The van der Waals surface area contributed by atoms with Gasteiger partial charge < -0.3 is 25.5 Å². The number of aliphatic carboxylic acids is 1. The van der Waals surface area contributed by atoms with Crippen LogP contribution in [0.15, 0.2) is 17.0 Å². The molecular formula is C20H26ClF4N5O6S. The van der Waals surface area contributed by atoms with E-state index in [2.05, 4.69) is 0 Å². The number of amides is 2. The van der Waals surface area contributed by atoms with E-state index >= 15 is 0 Å². The summed E-state index contributed by atoms with van der Waals surface area (Å²) in [6, 6.07) is 0.129. The van der Waals surface area contributed by atoms with E-state index in [1.54, 1.807) is 4.90 Å². The molecule has 2 heterocycles. The van der Waals surface area contributed by atoms with Crippen molar-refractivity contribution in [2.24, 2.45) is 5.73 Å². The fourth-order valence-electron chi connectivity index (χ4n) is 3.59. The van der Waals surface area contributed by atoms with E-state index in [9.17, 15) is 35.6 Å². The second-order valence-electron chi connectivity index (χ2n) is 8.32. The number of hydrogen-bond acceptors (Lipinski definition) is 7.